The molecule has 2 fully saturated rings. The van der Waals surface area contributed by atoms with Crippen molar-refractivity contribution in [1.82, 2.24) is 9.78 Å². The molecule has 4 rings (SSSR count). The Kier molecular flexibility index (Phi) is 2.69. The Morgan fingerprint density at radius 3 is 2.62 bits per heavy atom. The highest BCUT2D eigenvalue weighted by Gasteiger charge is 2.63. The summed E-state index contributed by atoms with van der Waals surface area (Å²) in [6, 6.07) is 0. The van der Waals surface area contributed by atoms with Gasteiger partial charge in [-0.15, -0.1) is 0 Å². The maximum Gasteiger partial charge on any atom is 0.173 e. The fourth-order valence-corrected chi connectivity index (χ4v) is 5.42. The fourth-order valence-electron chi connectivity index (χ4n) is 5.42. The summed E-state index contributed by atoms with van der Waals surface area (Å²) in [7, 11) is 2.04. The van der Waals surface area contributed by atoms with Crippen LogP contribution in [0.2, 0.25) is 0 Å². The summed E-state index contributed by atoms with van der Waals surface area (Å²) in [5.74, 6) is 0.183. The molecule has 0 aromatic carbocycles. The first-order valence-corrected chi connectivity index (χ1v) is 8.20. The summed E-state index contributed by atoms with van der Waals surface area (Å²) < 4.78 is 14.3. The second-order valence-electron chi connectivity index (χ2n) is 7.86. The lowest BCUT2D eigenvalue weighted by Gasteiger charge is -2.59. The first-order chi connectivity index (χ1) is 9.89. The molecule has 0 N–H and O–H groups in total. The summed E-state index contributed by atoms with van der Waals surface area (Å²) in [6.45, 7) is 8.57. The quantitative estimate of drug-likeness (QED) is 0.737. The number of hydrogen-bond donors (Lipinski definition) is 0. The van der Waals surface area contributed by atoms with Crippen LogP contribution in [-0.2, 0) is 28.4 Å². The standard InChI is InChI=1S/C17H26N2O2/c1-15(2)13-6-5-12-11-19(4)18-14(12)16(13,3)7-8-17(15)20-9-10-21-17/h11,13H,5-10H2,1-4H3/t13-,16?/m0/s1. The average molecular weight is 290 g/mol. The number of fused-ring (bicyclic) bond motifs is 3. The van der Waals surface area contributed by atoms with Gasteiger partial charge in [-0.3, -0.25) is 4.68 Å². The second kappa shape index (κ2) is 4.11. The van der Waals surface area contributed by atoms with Crippen LogP contribution in [0, 0.1) is 11.3 Å². The van der Waals surface area contributed by atoms with E-state index in [0.717, 1.165) is 32.5 Å². The fraction of sp³-hybridized carbons (Fsp3) is 0.824. The molecule has 0 amide bonds. The molecule has 0 radical (unpaired) electrons. The van der Waals surface area contributed by atoms with Crippen molar-refractivity contribution in [2.75, 3.05) is 13.2 Å². The van der Waals surface area contributed by atoms with Gasteiger partial charge < -0.3 is 9.47 Å². The van der Waals surface area contributed by atoms with Crippen molar-refractivity contribution in [3.63, 3.8) is 0 Å². The number of nitrogens with zero attached hydrogens (tertiary/aromatic N) is 2. The van der Waals surface area contributed by atoms with E-state index >= 15 is 0 Å². The molecule has 1 unspecified atom stereocenters. The number of rotatable bonds is 0. The third kappa shape index (κ3) is 1.61. The van der Waals surface area contributed by atoms with E-state index in [2.05, 4.69) is 27.0 Å². The summed E-state index contributed by atoms with van der Waals surface area (Å²) in [5, 5.41) is 4.82. The Balaban J connectivity index is 1.80. The number of hydrogen-bond acceptors (Lipinski definition) is 3. The maximum absolute atomic E-state index is 6.14. The van der Waals surface area contributed by atoms with Crippen molar-refractivity contribution in [3.05, 3.63) is 17.5 Å². The molecule has 4 heteroatoms. The highest BCUT2D eigenvalue weighted by Crippen LogP contribution is 2.62. The monoisotopic (exact) mass is 290 g/mol. The Labute approximate surface area is 126 Å². The van der Waals surface area contributed by atoms with Crippen molar-refractivity contribution >= 4 is 0 Å². The molecule has 21 heavy (non-hydrogen) atoms. The predicted molar refractivity (Wildman–Crippen MR) is 80.0 cm³/mol. The third-order valence-electron chi connectivity index (χ3n) is 6.50. The molecule has 116 valence electrons. The lowest BCUT2D eigenvalue weighted by atomic mass is 9.49. The molecule has 0 bridgehead atoms. The number of ether oxygens (including phenoxy) is 2. The van der Waals surface area contributed by atoms with Crippen LogP contribution in [0.1, 0.15) is 51.3 Å². The molecule has 1 spiro atoms. The number of aryl methyl sites for hydroxylation is 2. The zero-order valence-electron chi connectivity index (χ0n) is 13.6. The van der Waals surface area contributed by atoms with E-state index in [1.165, 1.54) is 17.7 Å². The van der Waals surface area contributed by atoms with E-state index in [9.17, 15) is 0 Å². The molecule has 1 saturated heterocycles. The molecule has 4 nitrogen and oxygen atoms in total. The van der Waals surface area contributed by atoms with Gasteiger partial charge in [0.15, 0.2) is 5.79 Å². The molecule has 1 aliphatic heterocycles. The van der Waals surface area contributed by atoms with Crippen molar-refractivity contribution in [2.24, 2.45) is 18.4 Å². The van der Waals surface area contributed by atoms with Gasteiger partial charge in [-0.05, 0) is 30.7 Å². The van der Waals surface area contributed by atoms with Gasteiger partial charge in [-0.1, -0.05) is 20.8 Å². The van der Waals surface area contributed by atoms with E-state index in [1.807, 2.05) is 11.7 Å². The van der Waals surface area contributed by atoms with Gasteiger partial charge in [-0.25, -0.2) is 0 Å². The van der Waals surface area contributed by atoms with Crippen molar-refractivity contribution in [3.8, 4) is 0 Å². The molecule has 1 saturated carbocycles. The number of aromatic nitrogens is 2. The third-order valence-corrected chi connectivity index (χ3v) is 6.50. The summed E-state index contributed by atoms with van der Waals surface area (Å²) in [6.07, 6.45) is 6.62. The average Bonchev–Trinajstić information content (AvgIpc) is 3.03. The van der Waals surface area contributed by atoms with Crippen LogP contribution in [0.4, 0.5) is 0 Å². The summed E-state index contributed by atoms with van der Waals surface area (Å²) in [4.78, 5) is 0. The Bertz CT molecular complexity index is 571. The molecule has 2 heterocycles. The molecule has 3 aliphatic rings. The Hall–Kier alpha value is -0.870. The second-order valence-corrected chi connectivity index (χ2v) is 7.86. The lowest BCUT2D eigenvalue weighted by molar-refractivity contribution is -0.276. The van der Waals surface area contributed by atoms with Crippen LogP contribution in [-0.4, -0.2) is 28.8 Å². The smallest absolute Gasteiger partial charge is 0.173 e. The topological polar surface area (TPSA) is 36.3 Å². The van der Waals surface area contributed by atoms with Gasteiger partial charge in [0.2, 0.25) is 0 Å². The highest BCUT2D eigenvalue weighted by molar-refractivity contribution is 5.33. The largest absolute Gasteiger partial charge is 0.347 e. The van der Waals surface area contributed by atoms with E-state index in [4.69, 9.17) is 14.6 Å². The lowest BCUT2D eigenvalue weighted by Crippen LogP contribution is -2.61. The Morgan fingerprint density at radius 1 is 1.19 bits per heavy atom. The molecular weight excluding hydrogens is 264 g/mol. The minimum Gasteiger partial charge on any atom is -0.347 e. The summed E-state index contributed by atoms with van der Waals surface area (Å²) >= 11 is 0. The Morgan fingerprint density at radius 2 is 1.90 bits per heavy atom. The minimum absolute atomic E-state index is 0.0196. The van der Waals surface area contributed by atoms with E-state index < -0.39 is 0 Å². The van der Waals surface area contributed by atoms with Crippen molar-refractivity contribution in [2.45, 2.75) is 57.7 Å². The van der Waals surface area contributed by atoms with Gasteiger partial charge in [-0.2, -0.15) is 5.10 Å². The van der Waals surface area contributed by atoms with Crippen LogP contribution in [0.15, 0.2) is 6.20 Å². The maximum atomic E-state index is 6.14. The molecule has 2 aliphatic carbocycles. The van der Waals surface area contributed by atoms with Crippen LogP contribution >= 0.6 is 0 Å². The van der Waals surface area contributed by atoms with E-state index in [0.29, 0.717) is 5.92 Å². The normalized spacial score (nSPS) is 36.5. The van der Waals surface area contributed by atoms with Crippen LogP contribution in [0.5, 0.6) is 0 Å². The van der Waals surface area contributed by atoms with E-state index in [-0.39, 0.29) is 16.6 Å². The van der Waals surface area contributed by atoms with Crippen LogP contribution in [0.25, 0.3) is 0 Å². The zero-order valence-corrected chi connectivity index (χ0v) is 13.6. The molecular formula is C17H26N2O2. The van der Waals surface area contributed by atoms with Gasteiger partial charge in [0.25, 0.3) is 0 Å². The molecule has 2 atom stereocenters. The zero-order chi connectivity index (χ0) is 14.9. The van der Waals surface area contributed by atoms with Gasteiger partial charge in [0.1, 0.15) is 0 Å². The highest BCUT2D eigenvalue weighted by atomic mass is 16.7. The SMILES string of the molecule is Cn1cc2c(n1)C1(C)CCC3(OCCO3)C(C)(C)[C@@H]1CC2. The van der Waals surface area contributed by atoms with Crippen molar-refractivity contribution < 1.29 is 9.47 Å². The first kappa shape index (κ1) is 13.8. The van der Waals surface area contributed by atoms with Gasteiger partial charge >= 0.3 is 0 Å². The molecule has 1 aromatic heterocycles. The summed E-state index contributed by atoms with van der Waals surface area (Å²) in [5.41, 5.74) is 2.93. The van der Waals surface area contributed by atoms with Crippen molar-refractivity contribution in [1.29, 1.82) is 0 Å². The first-order valence-electron chi connectivity index (χ1n) is 8.20. The predicted octanol–water partition coefficient (Wildman–Crippen LogP) is 2.80. The van der Waals surface area contributed by atoms with E-state index in [1.54, 1.807) is 0 Å². The van der Waals surface area contributed by atoms with Gasteiger partial charge in [0, 0.05) is 30.5 Å². The minimum atomic E-state index is -0.372. The van der Waals surface area contributed by atoms with Crippen LogP contribution in [0.3, 0.4) is 0 Å². The van der Waals surface area contributed by atoms with Crippen LogP contribution < -0.4 is 0 Å². The molecule has 1 aromatic rings. The van der Waals surface area contributed by atoms with Gasteiger partial charge in [0.05, 0.1) is 18.9 Å².